The smallest absolute Gasteiger partial charge is 0.120 e. The van der Waals surface area contributed by atoms with Crippen molar-refractivity contribution in [3.8, 4) is 5.75 Å². The molecule has 0 bridgehead atoms. The van der Waals surface area contributed by atoms with Crippen molar-refractivity contribution in [3.05, 3.63) is 29.3 Å². The number of rotatable bonds is 5. The molecule has 1 aliphatic rings. The minimum atomic E-state index is 0.362. The van der Waals surface area contributed by atoms with Crippen LogP contribution in [0.25, 0.3) is 0 Å². The normalized spacial score (nSPS) is 20.6. The van der Waals surface area contributed by atoms with Crippen LogP contribution in [0.5, 0.6) is 5.75 Å². The molecule has 0 spiro atoms. The van der Waals surface area contributed by atoms with Crippen LogP contribution < -0.4 is 0 Å². The van der Waals surface area contributed by atoms with Crippen LogP contribution in [0, 0.1) is 6.92 Å². The molecule has 1 fully saturated rings. The number of phenols is 1. The number of aryl methyl sites for hydroxylation is 1. The molecule has 19 heavy (non-hydrogen) atoms. The maximum Gasteiger partial charge on any atom is 0.120 e. The molecule has 1 heterocycles. The minimum Gasteiger partial charge on any atom is -0.508 e. The molecule has 1 aromatic carbocycles. The van der Waals surface area contributed by atoms with Gasteiger partial charge in [-0.25, -0.2) is 0 Å². The van der Waals surface area contributed by atoms with Crippen molar-refractivity contribution in [1.29, 1.82) is 0 Å². The van der Waals surface area contributed by atoms with Gasteiger partial charge in [0.25, 0.3) is 0 Å². The summed E-state index contributed by atoms with van der Waals surface area (Å²) < 4.78 is 5.85. The first-order valence-corrected chi connectivity index (χ1v) is 7.31. The Morgan fingerprint density at radius 2 is 2.26 bits per heavy atom. The fourth-order valence-corrected chi connectivity index (χ4v) is 2.66. The number of likely N-dealkylation sites (tertiary alicyclic amines) is 1. The van der Waals surface area contributed by atoms with Crippen LogP contribution in [0.4, 0.5) is 0 Å². The summed E-state index contributed by atoms with van der Waals surface area (Å²) in [6.07, 6.45) is 3.78. The van der Waals surface area contributed by atoms with Crippen molar-refractivity contribution >= 4 is 0 Å². The standard InChI is InChI=1S/C16H25NO2/c1-3-9-19-15-5-4-8-17(12-15)11-14-10-13(2)6-7-16(14)18/h6-7,10,15,18H,3-5,8-9,11-12H2,1-2H3. The SMILES string of the molecule is CCCOC1CCCN(Cc2cc(C)ccc2O)C1. The molecule has 3 nitrogen and oxygen atoms in total. The molecule has 1 N–H and O–H groups in total. The zero-order valence-corrected chi connectivity index (χ0v) is 12.1. The van der Waals surface area contributed by atoms with E-state index in [1.54, 1.807) is 6.07 Å². The molecule has 3 heteroatoms. The molecule has 0 amide bonds. The molecular formula is C16H25NO2. The Kier molecular flexibility index (Phi) is 5.23. The maximum atomic E-state index is 9.92. The highest BCUT2D eigenvalue weighted by atomic mass is 16.5. The van der Waals surface area contributed by atoms with Crippen molar-refractivity contribution in [3.63, 3.8) is 0 Å². The van der Waals surface area contributed by atoms with Gasteiger partial charge in [0, 0.05) is 25.3 Å². The lowest BCUT2D eigenvalue weighted by Gasteiger charge is -2.32. The van der Waals surface area contributed by atoms with Crippen LogP contribution in [0.2, 0.25) is 0 Å². The van der Waals surface area contributed by atoms with E-state index in [0.29, 0.717) is 11.9 Å². The minimum absolute atomic E-state index is 0.362. The first-order chi connectivity index (χ1) is 9.19. The molecule has 0 aromatic heterocycles. The van der Waals surface area contributed by atoms with Gasteiger partial charge in [0.2, 0.25) is 0 Å². The maximum absolute atomic E-state index is 9.92. The van der Waals surface area contributed by atoms with Crippen molar-refractivity contribution < 1.29 is 9.84 Å². The lowest BCUT2D eigenvalue weighted by Crippen LogP contribution is -2.39. The van der Waals surface area contributed by atoms with Gasteiger partial charge in [0.1, 0.15) is 5.75 Å². The van der Waals surface area contributed by atoms with Gasteiger partial charge in [0.05, 0.1) is 6.10 Å². The van der Waals surface area contributed by atoms with Crippen LogP contribution in [-0.2, 0) is 11.3 Å². The Balaban J connectivity index is 1.93. The van der Waals surface area contributed by atoms with Gasteiger partial charge in [-0.1, -0.05) is 24.6 Å². The van der Waals surface area contributed by atoms with Gasteiger partial charge >= 0.3 is 0 Å². The summed E-state index contributed by atoms with van der Waals surface area (Å²) in [5, 5.41) is 9.92. The molecule has 106 valence electrons. The van der Waals surface area contributed by atoms with Gasteiger partial charge in [-0.2, -0.15) is 0 Å². The summed E-state index contributed by atoms with van der Waals surface area (Å²) >= 11 is 0. The van der Waals surface area contributed by atoms with Crippen molar-refractivity contribution in [2.45, 2.75) is 45.8 Å². The van der Waals surface area contributed by atoms with Gasteiger partial charge in [-0.15, -0.1) is 0 Å². The molecule has 0 aliphatic carbocycles. The molecule has 2 rings (SSSR count). The third kappa shape index (κ3) is 4.22. The fraction of sp³-hybridized carbons (Fsp3) is 0.625. The van der Waals surface area contributed by atoms with E-state index in [1.807, 2.05) is 6.07 Å². The summed E-state index contributed by atoms with van der Waals surface area (Å²) in [5.41, 5.74) is 2.22. The van der Waals surface area contributed by atoms with E-state index in [9.17, 15) is 5.11 Å². The fourth-order valence-electron chi connectivity index (χ4n) is 2.66. The van der Waals surface area contributed by atoms with Crippen molar-refractivity contribution in [2.75, 3.05) is 19.7 Å². The number of benzene rings is 1. The number of hydrogen-bond acceptors (Lipinski definition) is 3. The third-order valence-corrected chi connectivity index (χ3v) is 3.65. The van der Waals surface area contributed by atoms with Crippen LogP contribution in [0.1, 0.15) is 37.3 Å². The van der Waals surface area contributed by atoms with E-state index in [1.165, 1.54) is 12.0 Å². The number of nitrogens with zero attached hydrogens (tertiary/aromatic N) is 1. The number of hydrogen-bond donors (Lipinski definition) is 1. The first kappa shape index (κ1) is 14.4. The van der Waals surface area contributed by atoms with E-state index in [-0.39, 0.29) is 0 Å². The predicted octanol–water partition coefficient (Wildman–Crippen LogP) is 3.09. The highest BCUT2D eigenvalue weighted by Gasteiger charge is 2.20. The summed E-state index contributed by atoms with van der Waals surface area (Å²) in [4.78, 5) is 2.39. The quantitative estimate of drug-likeness (QED) is 0.886. The molecule has 1 unspecified atom stereocenters. The van der Waals surface area contributed by atoms with E-state index in [0.717, 1.165) is 44.6 Å². The molecule has 1 saturated heterocycles. The Labute approximate surface area is 116 Å². The number of phenolic OH excluding ortho intramolecular Hbond substituents is 1. The van der Waals surface area contributed by atoms with Crippen LogP contribution >= 0.6 is 0 Å². The molecule has 0 radical (unpaired) electrons. The van der Waals surface area contributed by atoms with Crippen molar-refractivity contribution in [1.82, 2.24) is 4.90 Å². The molecule has 1 aromatic rings. The third-order valence-electron chi connectivity index (χ3n) is 3.65. The number of ether oxygens (including phenoxy) is 1. The summed E-state index contributed by atoms with van der Waals surface area (Å²) in [6.45, 7) is 7.96. The Hall–Kier alpha value is -1.06. The van der Waals surface area contributed by atoms with Gasteiger partial charge < -0.3 is 9.84 Å². The van der Waals surface area contributed by atoms with Gasteiger partial charge in [-0.05, 0) is 38.8 Å². The average Bonchev–Trinajstić information content (AvgIpc) is 2.41. The average molecular weight is 263 g/mol. The lowest BCUT2D eigenvalue weighted by molar-refractivity contribution is -0.00238. The zero-order valence-electron chi connectivity index (χ0n) is 12.1. The molecule has 1 atom stereocenters. The van der Waals surface area contributed by atoms with Gasteiger partial charge in [0.15, 0.2) is 0 Å². The Morgan fingerprint density at radius 1 is 1.42 bits per heavy atom. The van der Waals surface area contributed by atoms with Crippen LogP contribution in [0.3, 0.4) is 0 Å². The van der Waals surface area contributed by atoms with E-state index < -0.39 is 0 Å². The summed E-state index contributed by atoms with van der Waals surface area (Å²) in [5.74, 6) is 0.405. The van der Waals surface area contributed by atoms with E-state index >= 15 is 0 Å². The van der Waals surface area contributed by atoms with Crippen LogP contribution in [-0.4, -0.2) is 35.8 Å². The second-order valence-electron chi connectivity index (χ2n) is 5.50. The highest BCUT2D eigenvalue weighted by Crippen LogP contribution is 2.22. The molecular weight excluding hydrogens is 238 g/mol. The second kappa shape index (κ2) is 6.92. The van der Waals surface area contributed by atoms with Gasteiger partial charge in [-0.3, -0.25) is 4.90 Å². The summed E-state index contributed by atoms with van der Waals surface area (Å²) in [7, 11) is 0. The number of aromatic hydroxyl groups is 1. The van der Waals surface area contributed by atoms with Crippen molar-refractivity contribution in [2.24, 2.45) is 0 Å². The number of piperidine rings is 1. The summed E-state index contributed by atoms with van der Waals surface area (Å²) in [6, 6.07) is 5.81. The first-order valence-electron chi connectivity index (χ1n) is 7.31. The van der Waals surface area contributed by atoms with E-state index in [2.05, 4.69) is 24.8 Å². The Morgan fingerprint density at radius 3 is 3.05 bits per heavy atom. The Bertz CT molecular complexity index is 406. The lowest BCUT2D eigenvalue weighted by atomic mass is 10.1. The topological polar surface area (TPSA) is 32.7 Å². The molecule has 0 saturated carbocycles. The largest absolute Gasteiger partial charge is 0.508 e. The monoisotopic (exact) mass is 263 g/mol. The van der Waals surface area contributed by atoms with E-state index in [4.69, 9.17) is 4.74 Å². The second-order valence-corrected chi connectivity index (χ2v) is 5.50. The molecule has 1 aliphatic heterocycles. The predicted molar refractivity (Wildman–Crippen MR) is 77.4 cm³/mol. The van der Waals surface area contributed by atoms with Crippen LogP contribution in [0.15, 0.2) is 18.2 Å². The zero-order chi connectivity index (χ0) is 13.7. The highest BCUT2D eigenvalue weighted by molar-refractivity contribution is 5.35.